The molecule has 162 valence electrons. The van der Waals surface area contributed by atoms with E-state index in [1.807, 2.05) is 47.3 Å². The van der Waals surface area contributed by atoms with Gasteiger partial charge in [0.05, 0.1) is 23.1 Å². The van der Waals surface area contributed by atoms with Crippen molar-refractivity contribution in [1.82, 2.24) is 20.1 Å². The van der Waals surface area contributed by atoms with Crippen LogP contribution in [-0.2, 0) is 6.54 Å². The minimum atomic E-state index is -0.127. The van der Waals surface area contributed by atoms with Crippen LogP contribution in [0.5, 0.6) is 0 Å². The molecule has 7 heteroatoms. The fourth-order valence-corrected chi connectivity index (χ4v) is 4.23. The Morgan fingerprint density at radius 2 is 1.87 bits per heavy atom. The topological polar surface area (TPSA) is 63.1 Å². The SMILES string of the molecule is CC(C)c1c(C(=O)NCc2cccnc2N2CCCCC2)cnn1-c1ccc(Cl)cc1. The normalized spacial score (nSPS) is 14.1. The molecule has 0 spiro atoms. The van der Waals surface area contributed by atoms with Crippen molar-refractivity contribution in [3.05, 3.63) is 70.6 Å². The minimum absolute atomic E-state index is 0.126. The molecule has 0 bridgehead atoms. The summed E-state index contributed by atoms with van der Waals surface area (Å²) in [5, 5.41) is 8.25. The number of nitrogens with zero attached hydrogens (tertiary/aromatic N) is 4. The minimum Gasteiger partial charge on any atom is -0.356 e. The van der Waals surface area contributed by atoms with Crippen molar-refractivity contribution in [2.24, 2.45) is 0 Å². The smallest absolute Gasteiger partial charge is 0.255 e. The number of amides is 1. The van der Waals surface area contributed by atoms with Crippen LogP contribution >= 0.6 is 11.6 Å². The van der Waals surface area contributed by atoms with Gasteiger partial charge in [-0.1, -0.05) is 31.5 Å². The van der Waals surface area contributed by atoms with Gasteiger partial charge in [0, 0.05) is 36.4 Å². The lowest BCUT2D eigenvalue weighted by Crippen LogP contribution is -2.32. The van der Waals surface area contributed by atoms with Crippen LogP contribution in [0.15, 0.2) is 48.8 Å². The lowest BCUT2D eigenvalue weighted by atomic mass is 10.0. The van der Waals surface area contributed by atoms with E-state index >= 15 is 0 Å². The maximum atomic E-state index is 13.1. The molecule has 1 aliphatic rings. The summed E-state index contributed by atoms with van der Waals surface area (Å²) in [6.07, 6.45) is 7.11. The summed E-state index contributed by atoms with van der Waals surface area (Å²) in [7, 11) is 0. The number of aromatic nitrogens is 3. The van der Waals surface area contributed by atoms with Crippen molar-refractivity contribution in [2.75, 3.05) is 18.0 Å². The molecule has 0 radical (unpaired) electrons. The highest BCUT2D eigenvalue weighted by atomic mass is 35.5. The van der Waals surface area contributed by atoms with Crippen molar-refractivity contribution in [3.63, 3.8) is 0 Å². The summed E-state index contributed by atoms with van der Waals surface area (Å²) in [6.45, 7) is 6.60. The Balaban J connectivity index is 1.54. The Labute approximate surface area is 188 Å². The van der Waals surface area contributed by atoms with E-state index in [-0.39, 0.29) is 11.8 Å². The molecular formula is C24H28ClN5O. The number of nitrogens with one attached hydrogen (secondary N) is 1. The number of carbonyl (C=O) groups excluding carboxylic acids is 1. The molecule has 31 heavy (non-hydrogen) atoms. The number of benzene rings is 1. The van der Waals surface area contributed by atoms with Crippen molar-refractivity contribution < 1.29 is 4.79 Å². The number of piperidine rings is 1. The van der Waals surface area contributed by atoms with Crippen LogP contribution in [0.25, 0.3) is 5.69 Å². The van der Waals surface area contributed by atoms with Gasteiger partial charge >= 0.3 is 0 Å². The molecule has 6 nitrogen and oxygen atoms in total. The van der Waals surface area contributed by atoms with Crippen molar-refractivity contribution in [3.8, 4) is 5.69 Å². The molecule has 3 heterocycles. The van der Waals surface area contributed by atoms with Crippen LogP contribution in [0.4, 0.5) is 5.82 Å². The Morgan fingerprint density at radius 3 is 2.58 bits per heavy atom. The standard InChI is InChI=1S/C24H28ClN5O/c1-17(2)22-21(16-28-30(22)20-10-8-19(25)9-11-20)24(31)27-15-18-7-6-12-26-23(18)29-13-4-3-5-14-29/h6-12,16-17H,3-5,13-15H2,1-2H3,(H,27,31). The van der Waals surface area contributed by atoms with E-state index in [1.165, 1.54) is 19.3 Å². The first kappa shape index (κ1) is 21.4. The second-order valence-electron chi connectivity index (χ2n) is 8.20. The zero-order chi connectivity index (χ0) is 21.8. The van der Waals surface area contributed by atoms with Gasteiger partial charge in [-0.3, -0.25) is 4.79 Å². The Morgan fingerprint density at radius 1 is 1.13 bits per heavy atom. The third kappa shape index (κ3) is 4.74. The maximum absolute atomic E-state index is 13.1. The van der Waals surface area contributed by atoms with E-state index in [1.54, 1.807) is 6.20 Å². The Hall–Kier alpha value is -2.86. The second-order valence-corrected chi connectivity index (χ2v) is 8.64. The average molecular weight is 438 g/mol. The fourth-order valence-electron chi connectivity index (χ4n) is 4.11. The third-order valence-corrected chi connectivity index (χ3v) is 5.88. The van der Waals surface area contributed by atoms with Crippen LogP contribution in [0.1, 0.15) is 60.6 Å². The first-order valence-electron chi connectivity index (χ1n) is 10.9. The molecule has 0 unspecified atom stereocenters. The fraction of sp³-hybridized carbons (Fsp3) is 0.375. The van der Waals surface area contributed by atoms with E-state index in [9.17, 15) is 4.79 Å². The molecule has 1 aliphatic heterocycles. The molecule has 1 N–H and O–H groups in total. The lowest BCUT2D eigenvalue weighted by Gasteiger charge is -2.29. The van der Waals surface area contributed by atoms with E-state index < -0.39 is 0 Å². The molecule has 2 aromatic heterocycles. The summed E-state index contributed by atoms with van der Waals surface area (Å²) in [5.41, 5.74) is 3.39. The predicted octanol–water partition coefficient (Wildman–Crippen LogP) is 4.96. The van der Waals surface area contributed by atoms with Gasteiger partial charge < -0.3 is 10.2 Å². The van der Waals surface area contributed by atoms with Gasteiger partial charge in [0.2, 0.25) is 0 Å². The van der Waals surface area contributed by atoms with Crippen LogP contribution in [0.2, 0.25) is 5.02 Å². The number of pyridine rings is 1. The summed E-state index contributed by atoms with van der Waals surface area (Å²) < 4.78 is 1.82. The highest BCUT2D eigenvalue weighted by molar-refractivity contribution is 6.30. The first-order chi connectivity index (χ1) is 15.0. The van der Waals surface area contributed by atoms with Crippen LogP contribution in [0, 0.1) is 0 Å². The summed E-state index contributed by atoms with van der Waals surface area (Å²) >= 11 is 6.02. The monoisotopic (exact) mass is 437 g/mol. The second kappa shape index (κ2) is 9.52. The van der Waals surface area contributed by atoms with Gasteiger partial charge in [0.25, 0.3) is 5.91 Å². The number of anilines is 1. The average Bonchev–Trinajstić information content (AvgIpc) is 3.24. The zero-order valence-corrected chi connectivity index (χ0v) is 18.8. The van der Waals surface area contributed by atoms with Crippen LogP contribution < -0.4 is 10.2 Å². The summed E-state index contributed by atoms with van der Waals surface area (Å²) in [5.74, 6) is 0.974. The highest BCUT2D eigenvalue weighted by Gasteiger charge is 2.22. The molecule has 0 saturated carbocycles. The molecule has 0 atom stereocenters. The van der Waals surface area contributed by atoms with Gasteiger partial charge in [-0.05, 0) is 55.5 Å². The molecule has 1 amide bonds. The largest absolute Gasteiger partial charge is 0.356 e. The van der Waals surface area contributed by atoms with Crippen molar-refractivity contribution in [1.29, 1.82) is 0 Å². The summed E-state index contributed by atoms with van der Waals surface area (Å²) in [4.78, 5) is 20.0. The van der Waals surface area contributed by atoms with E-state index in [4.69, 9.17) is 11.6 Å². The third-order valence-electron chi connectivity index (χ3n) is 5.63. The number of halogens is 1. The van der Waals surface area contributed by atoms with Crippen LogP contribution in [0.3, 0.4) is 0 Å². The van der Waals surface area contributed by atoms with Crippen molar-refractivity contribution in [2.45, 2.75) is 45.6 Å². The number of carbonyl (C=O) groups is 1. The van der Waals surface area contributed by atoms with Gasteiger partial charge in [-0.2, -0.15) is 5.10 Å². The zero-order valence-electron chi connectivity index (χ0n) is 18.0. The molecule has 1 saturated heterocycles. The van der Waals surface area contributed by atoms with Gasteiger partial charge in [-0.15, -0.1) is 0 Å². The lowest BCUT2D eigenvalue weighted by molar-refractivity contribution is 0.0949. The van der Waals surface area contributed by atoms with E-state index in [2.05, 4.69) is 34.1 Å². The molecule has 3 aromatic rings. The number of rotatable bonds is 6. The van der Waals surface area contributed by atoms with Gasteiger partial charge in [0.1, 0.15) is 5.82 Å². The molecule has 1 fully saturated rings. The highest BCUT2D eigenvalue weighted by Crippen LogP contribution is 2.25. The molecular weight excluding hydrogens is 410 g/mol. The molecule has 0 aliphatic carbocycles. The molecule has 1 aromatic carbocycles. The summed E-state index contributed by atoms with van der Waals surface area (Å²) in [6, 6.07) is 11.4. The van der Waals surface area contributed by atoms with E-state index in [0.29, 0.717) is 17.1 Å². The molecule has 4 rings (SSSR count). The number of hydrogen-bond acceptors (Lipinski definition) is 4. The van der Waals surface area contributed by atoms with E-state index in [0.717, 1.165) is 35.9 Å². The van der Waals surface area contributed by atoms with Crippen LogP contribution in [-0.4, -0.2) is 33.8 Å². The van der Waals surface area contributed by atoms with Crippen molar-refractivity contribution >= 4 is 23.3 Å². The van der Waals surface area contributed by atoms with Gasteiger partial charge in [-0.25, -0.2) is 9.67 Å². The number of hydrogen-bond donors (Lipinski definition) is 1. The van der Waals surface area contributed by atoms with Gasteiger partial charge in [0.15, 0.2) is 0 Å². The Kier molecular flexibility index (Phi) is 6.56. The maximum Gasteiger partial charge on any atom is 0.255 e. The quantitative estimate of drug-likeness (QED) is 0.591. The predicted molar refractivity (Wildman–Crippen MR) is 124 cm³/mol. The first-order valence-corrected chi connectivity index (χ1v) is 11.2. The Bertz CT molecular complexity index is 1040.